The molecule has 0 radical (unpaired) electrons. The van der Waals surface area contributed by atoms with E-state index >= 15 is 0 Å². The van der Waals surface area contributed by atoms with Crippen LogP contribution in [0.5, 0.6) is 0 Å². The summed E-state index contributed by atoms with van der Waals surface area (Å²) < 4.78 is 15.2. The topological polar surface area (TPSA) is 114 Å². The number of benzene rings is 2. The van der Waals surface area contributed by atoms with Gasteiger partial charge >= 0.3 is 5.69 Å². The molecule has 2 heterocycles. The molecule has 0 atom stereocenters. The van der Waals surface area contributed by atoms with Gasteiger partial charge in [0.2, 0.25) is 0 Å². The van der Waals surface area contributed by atoms with Crippen LogP contribution in [0.25, 0.3) is 10.6 Å². The molecule has 2 aromatic carbocycles. The molecule has 0 saturated heterocycles. The number of nitrogen functional groups attached to an aromatic ring is 1. The number of halogens is 1. The number of carbonyl (C=O) groups excluding carboxylic acids is 1. The molecule has 0 aliphatic rings. The van der Waals surface area contributed by atoms with E-state index < -0.39 is 23.0 Å². The highest BCUT2D eigenvalue weighted by atomic mass is 32.1. The van der Waals surface area contributed by atoms with Gasteiger partial charge in [-0.1, -0.05) is 42.5 Å². The van der Waals surface area contributed by atoms with E-state index in [1.165, 1.54) is 23.9 Å². The smallest absolute Gasteiger partial charge is 0.330 e. The number of aromatic nitrogens is 3. The maximum absolute atomic E-state index is 14.1. The van der Waals surface area contributed by atoms with E-state index in [2.05, 4.69) is 9.97 Å². The second-order valence-corrected chi connectivity index (χ2v) is 7.97. The van der Waals surface area contributed by atoms with Crippen LogP contribution in [0.1, 0.15) is 15.2 Å². The summed E-state index contributed by atoms with van der Waals surface area (Å²) in [6.45, 7) is 0.120. The summed E-state index contributed by atoms with van der Waals surface area (Å²) >= 11 is 0.989. The van der Waals surface area contributed by atoms with Crippen LogP contribution in [0.4, 0.5) is 15.9 Å². The molecule has 8 nitrogen and oxygen atoms in total. The molecule has 162 valence electrons. The summed E-state index contributed by atoms with van der Waals surface area (Å²) in [4.78, 5) is 45.5. The predicted molar refractivity (Wildman–Crippen MR) is 122 cm³/mol. The zero-order valence-electron chi connectivity index (χ0n) is 16.9. The van der Waals surface area contributed by atoms with Crippen LogP contribution in [-0.4, -0.2) is 27.5 Å². The van der Waals surface area contributed by atoms with Crippen LogP contribution in [-0.2, 0) is 6.54 Å². The molecule has 1 amide bonds. The molecule has 0 fully saturated rings. The molecule has 3 N–H and O–H groups in total. The van der Waals surface area contributed by atoms with E-state index in [1.54, 1.807) is 18.2 Å². The number of amides is 1. The van der Waals surface area contributed by atoms with Crippen LogP contribution < -0.4 is 21.9 Å². The summed E-state index contributed by atoms with van der Waals surface area (Å²) in [6, 6.07) is 15.2. The first-order valence-corrected chi connectivity index (χ1v) is 10.3. The number of aromatic amines is 1. The van der Waals surface area contributed by atoms with E-state index in [0.717, 1.165) is 21.8 Å². The number of nitrogens with one attached hydrogen (secondary N) is 1. The van der Waals surface area contributed by atoms with Gasteiger partial charge in [-0.25, -0.2) is 14.2 Å². The lowest BCUT2D eigenvalue weighted by molar-refractivity contribution is 0.0996. The molecule has 0 bridgehead atoms. The van der Waals surface area contributed by atoms with Crippen molar-refractivity contribution in [2.45, 2.75) is 6.54 Å². The summed E-state index contributed by atoms with van der Waals surface area (Å²) in [5, 5.41) is 0.329. The lowest BCUT2D eigenvalue weighted by Gasteiger charge is -2.19. The van der Waals surface area contributed by atoms with Crippen LogP contribution in [0.2, 0.25) is 0 Å². The Kier molecular flexibility index (Phi) is 5.69. The maximum atomic E-state index is 14.1. The van der Waals surface area contributed by atoms with Crippen molar-refractivity contribution in [1.29, 1.82) is 0 Å². The van der Waals surface area contributed by atoms with Gasteiger partial charge in [0.25, 0.3) is 11.5 Å². The number of rotatable bonds is 5. The molecule has 4 rings (SSSR count). The average molecular weight is 451 g/mol. The van der Waals surface area contributed by atoms with Gasteiger partial charge in [-0.3, -0.25) is 19.1 Å². The largest absolute Gasteiger partial charge is 0.383 e. The van der Waals surface area contributed by atoms with Crippen molar-refractivity contribution in [3.8, 4) is 10.6 Å². The molecule has 0 unspecified atom stereocenters. The van der Waals surface area contributed by atoms with Gasteiger partial charge in [0.05, 0.1) is 12.7 Å². The fourth-order valence-electron chi connectivity index (χ4n) is 3.22. The molecule has 2 aromatic heterocycles. The SMILES string of the molecule is CN(C(=O)c1cnc(-c2ccccc2F)s1)c1c(N)n(Cc2ccccc2)c(=O)[nH]c1=O. The summed E-state index contributed by atoms with van der Waals surface area (Å²) in [5.74, 6) is -1.16. The first-order chi connectivity index (χ1) is 15.4. The molecular formula is C22H18FN5O3S. The molecule has 10 heteroatoms. The van der Waals surface area contributed by atoms with Gasteiger partial charge in [-0.2, -0.15) is 0 Å². The molecule has 0 saturated carbocycles. The number of nitrogens with zero attached hydrogens (tertiary/aromatic N) is 3. The van der Waals surface area contributed by atoms with Crippen molar-refractivity contribution >= 4 is 28.7 Å². The van der Waals surface area contributed by atoms with Crippen molar-refractivity contribution in [2.24, 2.45) is 0 Å². The zero-order chi connectivity index (χ0) is 22.8. The maximum Gasteiger partial charge on any atom is 0.330 e. The Hall–Kier alpha value is -4.05. The van der Waals surface area contributed by atoms with Crippen molar-refractivity contribution in [2.75, 3.05) is 17.7 Å². The molecule has 0 aliphatic carbocycles. The highest BCUT2D eigenvalue weighted by Crippen LogP contribution is 2.29. The third kappa shape index (κ3) is 3.95. The monoisotopic (exact) mass is 451 g/mol. The highest BCUT2D eigenvalue weighted by molar-refractivity contribution is 7.17. The van der Waals surface area contributed by atoms with E-state index in [4.69, 9.17) is 5.73 Å². The Balaban J connectivity index is 1.69. The standard InChI is InChI=1S/C22H18FN5O3S/c1-27(21(30)16-11-25-20(32-16)14-9-5-6-10-15(14)23)17-18(24)28(22(31)26-19(17)29)12-13-7-3-2-4-8-13/h2-11H,12,24H2,1H3,(H,26,29,31). The number of nitrogens with two attached hydrogens (primary N) is 1. The molecule has 4 aromatic rings. The lowest BCUT2D eigenvalue weighted by Crippen LogP contribution is -2.39. The van der Waals surface area contributed by atoms with Gasteiger partial charge in [-0.15, -0.1) is 11.3 Å². The number of hydrogen-bond donors (Lipinski definition) is 2. The van der Waals surface area contributed by atoms with E-state index in [9.17, 15) is 18.8 Å². The van der Waals surface area contributed by atoms with Gasteiger partial charge in [-0.05, 0) is 17.7 Å². The number of carbonyl (C=O) groups is 1. The quantitative estimate of drug-likeness (QED) is 0.484. The Labute approximate surface area is 185 Å². The second kappa shape index (κ2) is 8.60. The van der Waals surface area contributed by atoms with Gasteiger partial charge in [0.1, 0.15) is 21.5 Å². The molecular weight excluding hydrogens is 433 g/mol. The van der Waals surface area contributed by atoms with Crippen LogP contribution in [0.3, 0.4) is 0 Å². The molecule has 0 spiro atoms. The minimum Gasteiger partial charge on any atom is -0.383 e. The van der Waals surface area contributed by atoms with Gasteiger partial charge in [0, 0.05) is 12.6 Å². The predicted octanol–water partition coefficient (Wildman–Crippen LogP) is 2.71. The third-order valence-corrected chi connectivity index (χ3v) is 5.88. The highest BCUT2D eigenvalue weighted by Gasteiger charge is 2.24. The number of H-pyrrole nitrogens is 1. The van der Waals surface area contributed by atoms with Crippen molar-refractivity contribution in [3.05, 3.63) is 97.9 Å². The van der Waals surface area contributed by atoms with E-state index in [-0.39, 0.29) is 28.5 Å². The van der Waals surface area contributed by atoms with Gasteiger partial charge in [0.15, 0.2) is 5.69 Å². The van der Waals surface area contributed by atoms with Gasteiger partial charge < -0.3 is 10.6 Å². The number of hydrogen-bond acceptors (Lipinski definition) is 6. The first-order valence-electron chi connectivity index (χ1n) is 9.52. The fourth-order valence-corrected chi connectivity index (χ4v) is 4.14. The Morgan fingerprint density at radius 2 is 1.84 bits per heavy atom. The Morgan fingerprint density at radius 1 is 1.16 bits per heavy atom. The third-order valence-electron chi connectivity index (χ3n) is 4.86. The summed E-state index contributed by atoms with van der Waals surface area (Å²) in [6.07, 6.45) is 1.32. The van der Waals surface area contributed by atoms with Crippen LogP contribution in [0, 0.1) is 5.82 Å². The molecule has 32 heavy (non-hydrogen) atoms. The van der Waals surface area contributed by atoms with Crippen LogP contribution in [0.15, 0.2) is 70.4 Å². The minimum absolute atomic E-state index is 0.120. The van der Waals surface area contributed by atoms with E-state index in [0.29, 0.717) is 5.01 Å². The first kappa shape index (κ1) is 21.2. The zero-order valence-corrected chi connectivity index (χ0v) is 17.7. The number of anilines is 2. The molecule has 0 aliphatic heterocycles. The fraction of sp³-hybridized carbons (Fsp3) is 0.0909. The lowest BCUT2D eigenvalue weighted by atomic mass is 10.2. The van der Waals surface area contributed by atoms with Crippen LogP contribution >= 0.6 is 11.3 Å². The van der Waals surface area contributed by atoms with Crippen molar-refractivity contribution < 1.29 is 9.18 Å². The van der Waals surface area contributed by atoms with E-state index in [1.807, 2.05) is 30.3 Å². The number of thiazole rings is 1. The Bertz CT molecular complexity index is 1410. The minimum atomic E-state index is -0.786. The van der Waals surface area contributed by atoms with Crippen molar-refractivity contribution in [1.82, 2.24) is 14.5 Å². The summed E-state index contributed by atoms with van der Waals surface area (Å²) in [7, 11) is 1.38. The second-order valence-electron chi connectivity index (χ2n) is 6.94. The average Bonchev–Trinajstić information content (AvgIpc) is 3.27. The van der Waals surface area contributed by atoms with Crippen molar-refractivity contribution in [3.63, 3.8) is 0 Å². The Morgan fingerprint density at radius 3 is 2.56 bits per heavy atom. The normalized spacial score (nSPS) is 10.8. The summed E-state index contributed by atoms with van der Waals surface area (Å²) in [5.41, 5.74) is 5.59.